The number of hydrogen-bond acceptors (Lipinski definition) is 4. The van der Waals surface area contributed by atoms with Crippen molar-refractivity contribution in [3.8, 4) is 0 Å². The van der Waals surface area contributed by atoms with E-state index in [9.17, 15) is 0 Å². The smallest absolute Gasteiger partial charge is 0.225 e. The van der Waals surface area contributed by atoms with Crippen LogP contribution in [-0.2, 0) is 0 Å². The van der Waals surface area contributed by atoms with Crippen LogP contribution in [0.5, 0.6) is 0 Å². The summed E-state index contributed by atoms with van der Waals surface area (Å²) in [5, 5.41) is 0. The monoisotopic (exact) mass is 248 g/mol. The lowest BCUT2D eigenvalue weighted by Gasteiger charge is -2.35. The highest BCUT2D eigenvalue weighted by molar-refractivity contribution is 5.32. The summed E-state index contributed by atoms with van der Waals surface area (Å²) in [6, 6.07) is 2.48. The van der Waals surface area contributed by atoms with Crippen LogP contribution in [0.25, 0.3) is 0 Å². The van der Waals surface area contributed by atoms with E-state index in [1.54, 1.807) is 0 Å². The fraction of sp³-hybridized carbons (Fsp3) is 0.714. The summed E-state index contributed by atoms with van der Waals surface area (Å²) in [5.41, 5.74) is 7.98. The van der Waals surface area contributed by atoms with Crippen molar-refractivity contribution < 1.29 is 0 Å². The molecule has 1 heterocycles. The maximum absolute atomic E-state index is 5.82. The summed E-state index contributed by atoms with van der Waals surface area (Å²) >= 11 is 0. The van der Waals surface area contributed by atoms with Gasteiger partial charge in [-0.2, -0.15) is 0 Å². The summed E-state index contributed by atoms with van der Waals surface area (Å²) in [6.45, 7) is 7.37. The first-order valence-electron chi connectivity index (χ1n) is 6.78. The van der Waals surface area contributed by atoms with Gasteiger partial charge in [0.25, 0.3) is 0 Å². The Hall–Kier alpha value is -1.16. The molecule has 0 radical (unpaired) electrons. The summed E-state index contributed by atoms with van der Waals surface area (Å²) < 4.78 is 0. The van der Waals surface area contributed by atoms with E-state index in [4.69, 9.17) is 5.73 Å². The highest BCUT2D eigenvalue weighted by Gasteiger charge is 2.27. The van der Waals surface area contributed by atoms with Crippen LogP contribution >= 0.6 is 0 Å². The van der Waals surface area contributed by atoms with Gasteiger partial charge in [-0.15, -0.1) is 0 Å². The van der Waals surface area contributed by atoms with Gasteiger partial charge in [0, 0.05) is 31.0 Å². The summed E-state index contributed by atoms with van der Waals surface area (Å²) in [6.07, 6.45) is 2.26. The molecule has 0 spiro atoms. The molecule has 0 aromatic carbocycles. The minimum Gasteiger partial charge on any atom is -0.344 e. The van der Waals surface area contributed by atoms with Crippen molar-refractivity contribution in [2.24, 2.45) is 11.7 Å². The number of nitrogens with zero attached hydrogens (tertiary/aromatic N) is 3. The van der Waals surface area contributed by atoms with Gasteiger partial charge in [0.2, 0.25) is 5.95 Å². The van der Waals surface area contributed by atoms with Gasteiger partial charge < -0.3 is 10.6 Å². The third-order valence-electron chi connectivity index (χ3n) is 3.60. The second-order valence-corrected chi connectivity index (χ2v) is 5.87. The molecule has 18 heavy (non-hydrogen) atoms. The largest absolute Gasteiger partial charge is 0.344 e. The Kier molecular flexibility index (Phi) is 3.85. The zero-order valence-electron chi connectivity index (χ0n) is 11.8. The number of hydrogen-bond donors (Lipinski definition) is 1. The topological polar surface area (TPSA) is 55.0 Å². The number of nitrogens with two attached hydrogens (primary N) is 1. The lowest BCUT2D eigenvalue weighted by molar-refractivity contribution is 0.270. The molecule has 1 fully saturated rings. The van der Waals surface area contributed by atoms with Crippen LogP contribution in [-0.4, -0.2) is 29.6 Å². The highest BCUT2D eigenvalue weighted by atomic mass is 15.2. The van der Waals surface area contributed by atoms with Gasteiger partial charge in [-0.3, -0.25) is 0 Å². The van der Waals surface area contributed by atoms with Gasteiger partial charge in [0.1, 0.15) is 0 Å². The van der Waals surface area contributed by atoms with Crippen LogP contribution in [0.4, 0.5) is 5.95 Å². The number of rotatable bonds is 4. The van der Waals surface area contributed by atoms with E-state index in [0.717, 1.165) is 36.7 Å². The minimum absolute atomic E-state index is 0.410. The summed E-state index contributed by atoms with van der Waals surface area (Å²) in [4.78, 5) is 11.3. The molecule has 1 aromatic heterocycles. The van der Waals surface area contributed by atoms with Gasteiger partial charge in [-0.05, 0) is 37.7 Å². The van der Waals surface area contributed by atoms with Crippen molar-refractivity contribution in [1.29, 1.82) is 0 Å². The molecular formula is C14H24N4. The molecule has 4 heteroatoms. The Labute approximate surface area is 110 Å². The fourth-order valence-electron chi connectivity index (χ4n) is 2.45. The van der Waals surface area contributed by atoms with E-state index in [2.05, 4.69) is 41.8 Å². The molecule has 1 aliphatic carbocycles. The molecule has 0 saturated heterocycles. The summed E-state index contributed by atoms with van der Waals surface area (Å²) in [5.74, 6) is 1.99. The van der Waals surface area contributed by atoms with E-state index in [1.807, 2.05) is 6.92 Å². The molecule has 0 bridgehead atoms. The predicted octanol–water partition coefficient (Wildman–Crippen LogP) is 2.08. The Morgan fingerprint density at radius 1 is 1.39 bits per heavy atom. The van der Waals surface area contributed by atoms with Crippen molar-refractivity contribution >= 4 is 5.95 Å². The zero-order chi connectivity index (χ0) is 13.3. The first kappa shape index (κ1) is 13.3. The number of aryl methyl sites for hydroxylation is 1. The lowest BCUT2D eigenvalue weighted by Crippen LogP contribution is -2.42. The second kappa shape index (κ2) is 5.22. The fourth-order valence-corrected chi connectivity index (χ4v) is 2.45. The molecule has 2 rings (SSSR count). The van der Waals surface area contributed by atoms with E-state index in [0.29, 0.717) is 17.9 Å². The maximum Gasteiger partial charge on any atom is 0.225 e. The summed E-state index contributed by atoms with van der Waals surface area (Å²) in [7, 11) is 2.07. The van der Waals surface area contributed by atoms with Gasteiger partial charge in [0.15, 0.2) is 0 Å². The Balaban J connectivity index is 2.07. The quantitative estimate of drug-likeness (QED) is 0.886. The van der Waals surface area contributed by atoms with Crippen LogP contribution in [0.1, 0.15) is 44.0 Å². The molecule has 1 aromatic rings. The molecular weight excluding hydrogens is 224 g/mol. The third-order valence-corrected chi connectivity index (χ3v) is 3.60. The molecule has 4 nitrogen and oxygen atoms in total. The SMILES string of the molecule is Cc1cc(C(C)C)nc(N(C)CC2CC(N)C2)n1. The third kappa shape index (κ3) is 2.99. The van der Waals surface area contributed by atoms with E-state index >= 15 is 0 Å². The first-order chi connectivity index (χ1) is 8.45. The number of aromatic nitrogens is 2. The normalized spacial score (nSPS) is 23.0. The first-order valence-corrected chi connectivity index (χ1v) is 6.78. The standard InChI is InChI=1S/C14H24N4/c1-9(2)13-5-10(3)16-14(17-13)18(4)8-11-6-12(15)7-11/h5,9,11-12H,6-8,15H2,1-4H3. The predicted molar refractivity (Wildman–Crippen MR) is 74.8 cm³/mol. The van der Waals surface area contributed by atoms with Crippen molar-refractivity contribution in [2.75, 3.05) is 18.5 Å². The van der Waals surface area contributed by atoms with Crippen LogP contribution in [0.2, 0.25) is 0 Å². The van der Waals surface area contributed by atoms with E-state index in [-0.39, 0.29) is 0 Å². The number of anilines is 1. The highest BCUT2D eigenvalue weighted by Crippen LogP contribution is 2.27. The van der Waals surface area contributed by atoms with Gasteiger partial charge in [-0.1, -0.05) is 13.8 Å². The van der Waals surface area contributed by atoms with Gasteiger partial charge in [-0.25, -0.2) is 9.97 Å². The maximum atomic E-state index is 5.82. The molecule has 2 N–H and O–H groups in total. The second-order valence-electron chi connectivity index (χ2n) is 5.87. The van der Waals surface area contributed by atoms with Crippen LogP contribution < -0.4 is 10.6 Å². The molecule has 0 unspecified atom stereocenters. The van der Waals surface area contributed by atoms with Crippen LogP contribution in [0, 0.1) is 12.8 Å². The average molecular weight is 248 g/mol. The van der Waals surface area contributed by atoms with Crippen molar-refractivity contribution in [3.05, 3.63) is 17.5 Å². The minimum atomic E-state index is 0.410. The van der Waals surface area contributed by atoms with E-state index < -0.39 is 0 Å². The molecule has 1 aliphatic rings. The average Bonchev–Trinajstić information content (AvgIpc) is 2.26. The molecule has 100 valence electrons. The Morgan fingerprint density at radius 2 is 2.06 bits per heavy atom. The zero-order valence-corrected chi connectivity index (χ0v) is 11.8. The van der Waals surface area contributed by atoms with Gasteiger partial charge in [0.05, 0.1) is 0 Å². The Bertz CT molecular complexity index is 410. The Morgan fingerprint density at radius 3 is 2.61 bits per heavy atom. The van der Waals surface area contributed by atoms with E-state index in [1.165, 1.54) is 0 Å². The van der Waals surface area contributed by atoms with Crippen LogP contribution in [0.15, 0.2) is 6.07 Å². The van der Waals surface area contributed by atoms with Crippen molar-refractivity contribution in [2.45, 2.75) is 45.6 Å². The molecule has 1 saturated carbocycles. The molecule has 0 atom stereocenters. The van der Waals surface area contributed by atoms with Crippen LogP contribution in [0.3, 0.4) is 0 Å². The molecule has 0 amide bonds. The van der Waals surface area contributed by atoms with Crippen molar-refractivity contribution in [1.82, 2.24) is 9.97 Å². The van der Waals surface area contributed by atoms with Crippen molar-refractivity contribution in [3.63, 3.8) is 0 Å². The lowest BCUT2D eigenvalue weighted by atomic mass is 9.81. The molecule has 0 aliphatic heterocycles. The van der Waals surface area contributed by atoms with Gasteiger partial charge >= 0.3 is 0 Å².